The largest absolute Gasteiger partial charge is 0.326 e. The number of nitrogens with one attached hydrogen (secondary N) is 1. The van der Waals surface area contributed by atoms with Crippen molar-refractivity contribution in [2.24, 2.45) is 7.05 Å². The van der Waals surface area contributed by atoms with Gasteiger partial charge in [-0.1, -0.05) is 6.07 Å². The molecule has 3 aromatic heterocycles. The Hall–Kier alpha value is -3.00. The lowest BCUT2D eigenvalue weighted by Crippen LogP contribution is -2.19. The van der Waals surface area contributed by atoms with E-state index in [1.54, 1.807) is 7.05 Å². The molecule has 0 fully saturated rings. The molecule has 0 saturated heterocycles. The highest BCUT2D eigenvalue weighted by molar-refractivity contribution is 7.17. The summed E-state index contributed by atoms with van der Waals surface area (Å²) in [7, 11) is 1.70. The molecule has 0 unspecified atom stereocenters. The zero-order valence-corrected chi connectivity index (χ0v) is 16.8. The molecule has 144 valence electrons. The van der Waals surface area contributed by atoms with Gasteiger partial charge >= 0.3 is 0 Å². The van der Waals surface area contributed by atoms with Gasteiger partial charge in [-0.2, -0.15) is 0 Å². The predicted molar refractivity (Wildman–Crippen MR) is 111 cm³/mol. The molecule has 1 amide bonds. The monoisotopic (exact) mass is 395 g/mol. The molecule has 4 rings (SSSR count). The Morgan fingerprint density at radius 1 is 1.18 bits per heavy atom. The van der Waals surface area contributed by atoms with Crippen LogP contribution >= 0.6 is 11.3 Å². The van der Waals surface area contributed by atoms with E-state index in [4.69, 9.17) is 0 Å². The fraction of sp³-hybridized carbons (Fsp3) is 0.300. The first-order chi connectivity index (χ1) is 13.4. The standard InChI is InChI=1S/C20H21N5O2S/c1-12-9-13(2)11-14(10-12)21-17(26)6-4-5-16-22-23-20-24(3)19(27)18-15(25(16)20)7-8-28-18/h7-11H,4-6H2,1-3H3,(H,21,26). The lowest BCUT2D eigenvalue weighted by Gasteiger charge is -2.08. The first-order valence-corrected chi connectivity index (χ1v) is 10.0. The molecule has 0 aliphatic carbocycles. The van der Waals surface area contributed by atoms with Crippen molar-refractivity contribution in [2.45, 2.75) is 33.1 Å². The predicted octanol–water partition coefficient (Wildman–Crippen LogP) is 3.22. The average Bonchev–Trinajstić information content (AvgIpc) is 3.25. The second-order valence-corrected chi connectivity index (χ2v) is 7.95. The van der Waals surface area contributed by atoms with Crippen LogP contribution in [0.5, 0.6) is 0 Å². The molecule has 0 aliphatic rings. The van der Waals surface area contributed by atoms with Crippen molar-refractivity contribution in [1.29, 1.82) is 0 Å². The van der Waals surface area contributed by atoms with E-state index < -0.39 is 0 Å². The summed E-state index contributed by atoms with van der Waals surface area (Å²) in [6, 6.07) is 7.91. The molecule has 1 N–H and O–H groups in total. The maximum atomic E-state index is 12.4. The van der Waals surface area contributed by atoms with Gasteiger partial charge in [0.2, 0.25) is 11.7 Å². The van der Waals surface area contributed by atoms with E-state index in [1.807, 2.05) is 41.8 Å². The number of benzene rings is 1. The SMILES string of the molecule is Cc1cc(C)cc(NC(=O)CCCc2nnc3n(C)c(=O)c4sccc4n23)c1. The van der Waals surface area contributed by atoms with Gasteiger partial charge in [0, 0.05) is 25.6 Å². The minimum atomic E-state index is -0.0655. The topological polar surface area (TPSA) is 81.3 Å². The number of hydrogen-bond acceptors (Lipinski definition) is 5. The highest BCUT2D eigenvalue weighted by Crippen LogP contribution is 2.20. The lowest BCUT2D eigenvalue weighted by molar-refractivity contribution is -0.116. The summed E-state index contributed by atoms with van der Waals surface area (Å²) in [5, 5.41) is 13.3. The number of nitrogens with zero attached hydrogens (tertiary/aromatic N) is 4. The summed E-state index contributed by atoms with van der Waals surface area (Å²) in [4.78, 5) is 24.7. The van der Waals surface area contributed by atoms with Crippen molar-refractivity contribution in [2.75, 3.05) is 5.32 Å². The fourth-order valence-electron chi connectivity index (χ4n) is 3.49. The quantitative estimate of drug-likeness (QED) is 0.563. The van der Waals surface area contributed by atoms with Crippen LogP contribution in [-0.4, -0.2) is 25.1 Å². The number of carbonyl (C=O) groups is 1. The maximum absolute atomic E-state index is 12.4. The van der Waals surface area contributed by atoms with Crippen LogP contribution in [0.2, 0.25) is 0 Å². The van der Waals surface area contributed by atoms with Gasteiger partial charge in [-0.25, -0.2) is 0 Å². The van der Waals surface area contributed by atoms with Gasteiger partial charge in [0.1, 0.15) is 10.5 Å². The molecule has 7 nitrogen and oxygen atoms in total. The fourth-order valence-corrected chi connectivity index (χ4v) is 4.34. The smallest absolute Gasteiger partial charge is 0.272 e. The van der Waals surface area contributed by atoms with E-state index >= 15 is 0 Å². The van der Waals surface area contributed by atoms with Crippen LogP contribution in [0, 0.1) is 13.8 Å². The molecular formula is C20H21N5O2S. The van der Waals surface area contributed by atoms with Crippen molar-refractivity contribution in [3.8, 4) is 0 Å². The number of carbonyl (C=O) groups excluding carboxylic acids is 1. The van der Waals surface area contributed by atoms with Gasteiger partial charge in [-0.05, 0) is 55.0 Å². The van der Waals surface area contributed by atoms with E-state index in [0.717, 1.165) is 28.2 Å². The highest BCUT2D eigenvalue weighted by atomic mass is 32.1. The van der Waals surface area contributed by atoms with Gasteiger partial charge in [0.15, 0.2) is 0 Å². The van der Waals surface area contributed by atoms with Gasteiger partial charge in [0.05, 0.1) is 5.52 Å². The van der Waals surface area contributed by atoms with E-state index in [1.165, 1.54) is 15.9 Å². The van der Waals surface area contributed by atoms with Crippen LogP contribution in [0.3, 0.4) is 0 Å². The van der Waals surface area contributed by atoms with Gasteiger partial charge < -0.3 is 5.32 Å². The van der Waals surface area contributed by atoms with Gasteiger partial charge in [-0.3, -0.25) is 18.6 Å². The number of rotatable bonds is 5. The molecule has 0 radical (unpaired) electrons. The molecule has 0 spiro atoms. The van der Waals surface area contributed by atoms with Crippen LogP contribution in [0.4, 0.5) is 5.69 Å². The molecular weight excluding hydrogens is 374 g/mol. The zero-order chi connectivity index (χ0) is 19.8. The average molecular weight is 395 g/mol. The Kier molecular flexibility index (Phi) is 4.72. The Bertz CT molecular complexity index is 1230. The van der Waals surface area contributed by atoms with Crippen molar-refractivity contribution < 1.29 is 4.79 Å². The molecule has 1 aromatic carbocycles. The van der Waals surface area contributed by atoms with E-state index in [0.29, 0.717) is 29.7 Å². The highest BCUT2D eigenvalue weighted by Gasteiger charge is 2.15. The molecule has 0 aliphatic heterocycles. The van der Waals surface area contributed by atoms with Crippen LogP contribution in [-0.2, 0) is 18.3 Å². The summed E-state index contributed by atoms with van der Waals surface area (Å²) in [5.41, 5.74) is 3.82. The van der Waals surface area contributed by atoms with Crippen LogP contribution in [0.15, 0.2) is 34.4 Å². The number of amides is 1. The molecule has 4 aromatic rings. The summed E-state index contributed by atoms with van der Waals surface area (Å²) in [6.45, 7) is 4.02. The third-order valence-electron chi connectivity index (χ3n) is 4.71. The second-order valence-electron chi connectivity index (χ2n) is 7.03. The van der Waals surface area contributed by atoms with Gasteiger partial charge in [-0.15, -0.1) is 21.5 Å². The Morgan fingerprint density at radius 3 is 2.68 bits per heavy atom. The van der Waals surface area contributed by atoms with E-state index in [9.17, 15) is 9.59 Å². The first kappa shape index (κ1) is 18.4. The first-order valence-electron chi connectivity index (χ1n) is 9.12. The molecule has 0 atom stereocenters. The van der Waals surface area contributed by atoms with E-state index in [2.05, 4.69) is 21.6 Å². The van der Waals surface area contributed by atoms with Crippen molar-refractivity contribution >= 4 is 38.9 Å². The van der Waals surface area contributed by atoms with Crippen LogP contribution < -0.4 is 10.9 Å². The lowest BCUT2D eigenvalue weighted by atomic mass is 10.1. The summed E-state index contributed by atoms with van der Waals surface area (Å²) >= 11 is 1.41. The third-order valence-corrected chi connectivity index (χ3v) is 5.60. The number of aromatic nitrogens is 4. The summed E-state index contributed by atoms with van der Waals surface area (Å²) < 4.78 is 4.11. The number of thiophene rings is 1. The Labute approximate surface area is 165 Å². The number of aryl methyl sites for hydroxylation is 4. The van der Waals surface area contributed by atoms with Gasteiger partial charge in [0.25, 0.3) is 5.56 Å². The normalized spacial score (nSPS) is 11.4. The minimum absolute atomic E-state index is 0.0214. The number of fused-ring (bicyclic) bond motifs is 3. The maximum Gasteiger partial charge on any atom is 0.272 e. The van der Waals surface area contributed by atoms with Crippen molar-refractivity contribution in [1.82, 2.24) is 19.2 Å². The molecule has 28 heavy (non-hydrogen) atoms. The molecule has 8 heteroatoms. The molecule has 0 saturated carbocycles. The number of hydrogen-bond donors (Lipinski definition) is 1. The second kappa shape index (κ2) is 7.20. The van der Waals surface area contributed by atoms with Crippen LogP contribution in [0.25, 0.3) is 16.0 Å². The summed E-state index contributed by atoms with van der Waals surface area (Å²) in [6.07, 6.45) is 1.64. The summed E-state index contributed by atoms with van der Waals surface area (Å²) in [5.74, 6) is 1.26. The van der Waals surface area contributed by atoms with Crippen molar-refractivity contribution in [3.63, 3.8) is 0 Å². The molecule has 0 bridgehead atoms. The Balaban J connectivity index is 1.49. The van der Waals surface area contributed by atoms with E-state index in [-0.39, 0.29) is 11.5 Å². The molecule has 3 heterocycles. The third kappa shape index (κ3) is 3.31. The zero-order valence-electron chi connectivity index (χ0n) is 16.0. The Morgan fingerprint density at radius 2 is 1.93 bits per heavy atom. The van der Waals surface area contributed by atoms with Crippen LogP contribution in [0.1, 0.15) is 29.8 Å². The van der Waals surface area contributed by atoms with Crippen molar-refractivity contribution in [3.05, 3.63) is 57.0 Å². The minimum Gasteiger partial charge on any atom is -0.326 e. The number of anilines is 1.